The van der Waals surface area contributed by atoms with Gasteiger partial charge in [-0.1, -0.05) is 48.9 Å². The quantitative estimate of drug-likeness (QED) is 0.287. The molecule has 3 aromatic carbocycles. The van der Waals surface area contributed by atoms with Crippen LogP contribution in [0.25, 0.3) is 10.8 Å². The molecule has 2 unspecified atom stereocenters. The number of aliphatic carboxylic acids is 1. The lowest BCUT2D eigenvalue weighted by Gasteiger charge is -2.22. The number of hydrogen-bond donors (Lipinski definition) is 2. The number of carbonyl (C=O) groups is 2. The minimum atomic E-state index is -0.801. The molecule has 0 radical (unpaired) electrons. The van der Waals surface area contributed by atoms with Gasteiger partial charge in [-0.15, -0.1) is 0 Å². The molecule has 0 heterocycles. The summed E-state index contributed by atoms with van der Waals surface area (Å²) in [7, 11) is 0. The molecule has 1 aliphatic rings. The lowest BCUT2D eigenvalue weighted by atomic mass is 9.88. The maximum Gasteiger partial charge on any atom is 0.303 e. The van der Waals surface area contributed by atoms with Crippen molar-refractivity contribution in [2.24, 2.45) is 11.8 Å². The highest BCUT2D eigenvalue weighted by Gasteiger charge is 2.29. The SMILES string of the molecule is CC(=O)N(N)c1ccc2cc(C3CCCC3COc3ccccc3CCC(=O)O)ccc2c1. The summed E-state index contributed by atoms with van der Waals surface area (Å²) in [6.45, 7) is 2.06. The Bertz CT molecular complexity index is 1160. The van der Waals surface area contributed by atoms with Gasteiger partial charge in [-0.2, -0.15) is 0 Å². The topological polar surface area (TPSA) is 92.9 Å². The molecule has 0 saturated heterocycles. The Morgan fingerprint density at radius 1 is 1.06 bits per heavy atom. The summed E-state index contributed by atoms with van der Waals surface area (Å²) in [5, 5.41) is 12.3. The van der Waals surface area contributed by atoms with Crippen LogP contribution in [0.4, 0.5) is 5.69 Å². The van der Waals surface area contributed by atoms with Crippen molar-refractivity contribution in [3.63, 3.8) is 0 Å². The molecule has 172 valence electrons. The van der Waals surface area contributed by atoms with Crippen molar-refractivity contribution in [2.45, 2.75) is 44.9 Å². The molecular formula is C27H30N2O4. The number of hydrogen-bond acceptors (Lipinski definition) is 4. The summed E-state index contributed by atoms with van der Waals surface area (Å²) < 4.78 is 6.21. The summed E-state index contributed by atoms with van der Waals surface area (Å²) in [5.74, 6) is 6.45. The van der Waals surface area contributed by atoms with Gasteiger partial charge >= 0.3 is 5.97 Å². The van der Waals surface area contributed by atoms with Gasteiger partial charge in [0.2, 0.25) is 5.91 Å². The highest BCUT2D eigenvalue weighted by atomic mass is 16.5. The average Bonchev–Trinajstić information content (AvgIpc) is 3.29. The predicted molar refractivity (Wildman–Crippen MR) is 129 cm³/mol. The van der Waals surface area contributed by atoms with E-state index >= 15 is 0 Å². The van der Waals surface area contributed by atoms with E-state index in [1.807, 2.05) is 42.5 Å². The molecule has 3 aromatic rings. The number of nitrogens with zero attached hydrogens (tertiary/aromatic N) is 1. The summed E-state index contributed by atoms with van der Waals surface area (Å²) >= 11 is 0. The van der Waals surface area contributed by atoms with Crippen LogP contribution in [0.15, 0.2) is 60.7 Å². The number of benzene rings is 3. The molecule has 1 aliphatic carbocycles. The number of carbonyl (C=O) groups excluding carboxylic acids is 1. The Balaban J connectivity index is 1.48. The molecular weight excluding hydrogens is 416 g/mol. The number of nitrogens with two attached hydrogens (primary N) is 1. The van der Waals surface area contributed by atoms with E-state index in [4.69, 9.17) is 15.7 Å². The molecule has 0 aromatic heterocycles. The van der Waals surface area contributed by atoms with Crippen molar-refractivity contribution in [1.29, 1.82) is 0 Å². The highest BCUT2D eigenvalue weighted by molar-refractivity contribution is 5.94. The Morgan fingerprint density at radius 2 is 1.82 bits per heavy atom. The molecule has 0 bridgehead atoms. The largest absolute Gasteiger partial charge is 0.493 e. The summed E-state index contributed by atoms with van der Waals surface area (Å²) in [4.78, 5) is 22.5. The third-order valence-electron chi connectivity index (χ3n) is 6.59. The number of hydrazine groups is 1. The molecule has 1 fully saturated rings. The van der Waals surface area contributed by atoms with Crippen LogP contribution in [-0.2, 0) is 16.0 Å². The molecule has 1 amide bonds. The van der Waals surface area contributed by atoms with Gasteiger partial charge in [-0.25, -0.2) is 10.9 Å². The van der Waals surface area contributed by atoms with Crippen molar-refractivity contribution >= 4 is 28.3 Å². The summed E-state index contributed by atoms with van der Waals surface area (Å²) in [6, 6.07) is 20.0. The number of anilines is 1. The van der Waals surface area contributed by atoms with Crippen LogP contribution in [0.1, 0.15) is 49.7 Å². The molecule has 2 atom stereocenters. The number of carboxylic acids is 1. The van der Waals surface area contributed by atoms with E-state index in [-0.39, 0.29) is 12.3 Å². The number of aryl methyl sites for hydroxylation is 1. The number of rotatable bonds is 8. The van der Waals surface area contributed by atoms with Crippen LogP contribution in [0, 0.1) is 5.92 Å². The van der Waals surface area contributed by atoms with Gasteiger partial charge in [-0.3, -0.25) is 9.59 Å². The molecule has 33 heavy (non-hydrogen) atoms. The van der Waals surface area contributed by atoms with E-state index in [9.17, 15) is 9.59 Å². The minimum Gasteiger partial charge on any atom is -0.493 e. The molecule has 1 saturated carbocycles. The first-order valence-corrected chi connectivity index (χ1v) is 11.4. The monoisotopic (exact) mass is 446 g/mol. The lowest BCUT2D eigenvalue weighted by molar-refractivity contribution is -0.137. The molecule has 0 aliphatic heterocycles. The fourth-order valence-electron chi connectivity index (χ4n) is 4.78. The minimum absolute atomic E-state index is 0.0968. The molecule has 4 rings (SSSR count). The zero-order chi connectivity index (χ0) is 23.4. The van der Waals surface area contributed by atoms with Gasteiger partial charge in [0.15, 0.2) is 0 Å². The first-order chi connectivity index (χ1) is 15.9. The van der Waals surface area contributed by atoms with Crippen LogP contribution >= 0.6 is 0 Å². The summed E-state index contributed by atoms with van der Waals surface area (Å²) in [6.07, 6.45) is 3.96. The maximum atomic E-state index is 11.6. The zero-order valence-electron chi connectivity index (χ0n) is 18.9. The molecule has 6 heteroatoms. The van der Waals surface area contributed by atoms with E-state index in [1.165, 1.54) is 12.5 Å². The van der Waals surface area contributed by atoms with E-state index in [2.05, 4.69) is 18.2 Å². The second-order valence-electron chi connectivity index (χ2n) is 8.79. The number of carboxylic acid groups (broad SMARTS) is 1. The van der Waals surface area contributed by atoms with E-state index in [0.717, 1.165) is 46.4 Å². The normalized spacial score (nSPS) is 17.8. The highest BCUT2D eigenvalue weighted by Crippen LogP contribution is 2.41. The van der Waals surface area contributed by atoms with Crippen LogP contribution < -0.4 is 15.6 Å². The van der Waals surface area contributed by atoms with Crippen LogP contribution in [0.3, 0.4) is 0 Å². The standard InChI is InChI=1S/C27H30N2O4/c1-18(30)29(28)24-13-11-20-15-22(10-9-21(20)16-24)25-7-4-6-23(25)17-33-26-8-3-2-5-19(26)12-14-27(31)32/h2-3,5,8-11,13,15-16,23,25H,4,6-7,12,14,17,28H2,1H3,(H,31,32). The fourth-order valence-corrected chi connectivity index (χ4v) is 4.78. The van der Waals surface area contributed by atoms with E-state index in [0.29, 0.717) is 30.6 Å². The smallest absolute Gasteiger partial charge is 0.303 e. The predicted octanol–water partition coefficient (Wildman–Crippen LogP) is 5.05. The van der Waals surface area contributed by atoms with Gasteiger partial charge < -0.3 is 9.84 Å². The van der Waals surface area contributed by atoms with Crippen molar-refractivity contribution in [2.75, 3.05) is 11.6 Å². The first kappa shape index (κ1) is 22.8. The van der Waals surface area contributed by atoms with Crippen molar-refractivity contribution < 1.29 is 19.4 Å². The molecule has 0 spiro atoms. The van der Waals surface area contributed by atoms with Crippen molar-refractivity contribution in [3.8, 4) is 5.75 Å². The zero-order valence-corrected chi connectivity index (χ0v) is 18.9. The number of para-hydroxylation sites is 1. The van der Waals surface area contributed by atoms with E-state index < -0.39 is 5.97 Å². The van der Waals surface area contributed by atoms with Crippen molar-refractivity contribution in [1.82, 2.24) is 0 Å². The van der Waals surface area contributed by atoms with Crippen molar-refractivity contribution in [3.05, 3.63) is 71.8 Å². The second-order valence-corrected chi connectivity index (χ2v) is 8.79. The lowest BCUT2D eigenvalue weighted by Crippen LogP contribution is -2.35. The third-order valence-corrected chi connectivity index (χ3v) is 6.59. The first-order valence-electron chi connectivity index (χ1n) is 11.4. The fraction of sp³-hybridized carbons (Fsp3) is 0.333. The van der Waals surface area contributed by atoms with Crippen LogP contribution in [-0.4, -0.2) is 23.6 Å². The Hall–Kier alpha value is -3.38. The molecule has 3 N–H and O–H groups in total. The van der Waals surface area contributed by atoms with Gasteiger partial charge in [-0.05, 0) is 71.2 Å². The van der Waals surface area contributed by atoms with Crippen LogP contribution in [0.2, 0.25) is 0 Å². The second kappa shape index (κ2) is 10.0. The Morgan fingerprint density at radius 3 is 2.61 bits per heavy atom. The Kier molecular flexibility index (Phi) is 6.94. The number of fused-ring (bicyclic) bond motifs is 1. The number of ether oxygens (including phenoxy) is 1. The molecule has 6 nitrogen and oxygen atoms in total. The van der Waals surface area contributed by atoms with E-state index in [1.54, 1.807) is 0 Å². The van der Waals surface area contributed by atoms with Gasteiger partial charge in [0.05, 0.1) is 12.3 Å². The number of amides is 1. The van der Waals surface area contributed by atoms with Gasteiger partial charge in [0.25, 0.3) is 0 Å². The third kappa shape index (κ3) is 5.34. The van der Waals surface area contributed by atoms with Gasteiger partial charge in [0, 0.05) is 13.3 Å². The van der Waals surface area contributed by atoms with Crippen LogP contribution in [0.5, 0.6) is 5.75 Å². The Labute approximate surface area is 193 Å². The maximum absolute atomic E-state index is 11.6. The summed E-state index contributed by atoms with van der Waals surface area (Å²) in [5.41, 5.74) is 2.92. The van der Waals surface area contributed by atoms with Gasteiger partial charge in [0.1, 0.15) is 5.75 Å². The average molecular weight is 447 g/mol.